The van der Waals surface area contributed by atoms with Gasteiger partial charge < -0.3 is 0 Å². The van der Waals surface area contributed by atoms with Gasteiger partial charge in [-0.2, -0.15) is 0 Å². The summed E-state index contributed by atoms with van der Waals surface area (Å²) in [6.45, 7) is 0. The van der Waals surface area contributed by atoms with Gasteiger partial charge in [-0.15, -0.1) is 0 Å². The Kier molecular flexibility index (Phi) is 4.50. The fourth-order valence-corrected chi connectivity index (χ4v) is 4.71. The average Bonchev–Trinajstić information content (AvgIpc) is 3.38. The van der Waals surface area contributed by atoms with Crippen molar-refractivity contribution in [3.05, 3.63) is 60.2 Å². The van der Waals surface area contributed by atoms with E-state index in [9.17, 15) is 16.8 Å². The third-order valence-electron chi connectivity index (χ3n) is 4.08. The molecule has 0 spiro atoms. The average molecular weight is 365 g/mol. The molecule has 3 rings (SSSR count). The van der Waals surface area contributed by atoms with E-state index in [-0.39, 0.29) is 21.8 Å². The molecular weight excluding hydrogens is 346 g/mol. The number of sulfone groups is 1. The van der Waals surface area contributed by atoms with Gasteiger partial charge in [-0.05, 0) is 42.5 Å². The van der Waals surface area contributed by atoms with E-state index in [2.05, 4.69) is 4.72 Å². The Morgan fingerprint density at radius 1 is 0.917 bits per heavy atom. The maximum absolute atomic E-state index is 12.7. The SMILES string of the molecule is CS(=O)(=O)c1cccc(S(=O)(=O)NC(c2ccccc2)C2CC2)c1. The molecular formula is C17H19NO4S2. The lowest BCUT2D eigenvalue weighted by molar-refractivity contribution is 0.529. The molecule has 0 radical (unpaired) electrons. The summed E-state index contributed by atoms with van der Waals surface area (Å²) in [6, 6.07) is 14.6. The van der Waals surface area contributed by atoms with Crippen LogP contribution >= 0.6 is 0 Å². The van der Waals surface area contributed by atoms with Gasteiger partial charge in [0.1, 0.15) is 0 Å². The molecule has 1 aliphatic carbocycles. The van der Waals surface area contributed by atoms with Crippen molar-refractivity contribution in [1.29, 1.82) is 0 Å². The van der Waals surface area contributed by atoms with E-state index in [1.54, 1.807) is 0 Å². The lowest BCUT2D eigenvalue weighted by Crippen LogP contribution is -2.30. The fraction of sp³-hybridized carbons (Fsp3) is 0.294. The zero-order valence-electron chi connectivity index (χ0n) is 13.2. The van der Waals surface area contributed by atoms with E-state index < -0.39 is 19.9 Å². The predicted octanol–water partition coefficient (Wildman–Crippen LogP) is 2.52. The van der Waals surface area contributed by atoms with Gasteiger partial charge in [0.15, 0.2) is 9.84 Å². The molecule has 0 amide bonds. The van der Waals surface area contributed by atoms with Crippen LogP contribution in [0.5, 0.6) is 0 Å². The molecule has 0 bridgehead atoms. The molecule has 5 nitrogen and oxygen atoms in total. The van der Waals surface area contributed by atoms with Crippen molar-refractivity contribution in [2.45, 2.75) is 28.7 Å². The molecule has 0 aromatic heterocycles. The minimum atomic E-state index is -3.81. The Hall–Kier alpha value is -1.70. The summed E-state index contributed by atoms with van der Waals surface area (Å²) in [5.41, 5.74) is 0.919. The van der Waals surface area contributed by atoms with E-state index in [0.29, 0.717) is 0 Å². The molecule has 2 aromatic carbocycles. The van der Waals surface area contributed by atoms with Gasteiger partial charge in [0.2, 0.25) is 10.0 Å². The number of hydrogen-bond acceptors (Lipinski definition) is 4. The number of benzene rings is 2. The molecule has 0 heterocycles. The van der Waals surface area contributed by atoms with Gasteiger partial charge in [0, 0.05) is 12.3 Å². The monoisotopic (exact) mass is 365 g/mol. The molecule has 24 heavy (non-hydrogen) atoms. The van der Waals surface area contributed by atoms with Gasteiger partial charge in [0.25, 0.3) is 0 Å². The smallest absolute Gasteiger partial charge is 0.224 e. The van der Waals surface area contributed by atoms with Crippen molar-refractivity contribution in [1.82, 2.24) is 4.72 Å². The van der Waals surface area contributed by atoms with Crippen molar-refractivity contribution < 1.29 is 16.8 Å². The van der Waals surface area contributed by atoms with E-state index in [1.165, 1.54) is 24.3 Å². The first-order valence-electron chi connectivity index (χ1n) is 7.65. The Labute approximate surface area is 142 Å². The highest BCUT2D eigenvalue weighted by Crippen LogP contribution is 2.41. The summed E-state index contributed by atoms with van der Waals surface area (Å²) in [7, 11) is -7.27. The van der Waals surface area contributed by atoms with Crippen LogP contribution in [0.3, 0.4) is 0 Å². The Morgan fingerprint density at radius 2 is 1.54 bits per heavy atom. The van der Waals surface area contributed by atoms with Crippen LogP contribution in [-0.4, -0.2) is 23.1 Å². The maximum atomic E-state index is 12.7. The molecule has 1 saturated carbocycles. The number of nitrogens with one attached hydrogen (secondary N) is 1. The summed E-state index contributed by atoms with van der Waals surface area (Å²) in [5.74, 6) is 0.278. The first-order valence-corrected chi connectivity index (χ1v) is 11.0. The fourth-order valence-electron chi connectivity index (χ4n) is 2.63. The van der Waals surface area contributed by atoms with E-state index >= 15 is 0 Å². The van der Waals surface area contributed by atoms with E-state index in [1.807, 2.05) is 30.3 Å². The second-order valence-corrected chi connectivity index (χ2v) is 9.82. The second kappa shape index (κ2) is 6.31. The minimum absolute atomic E-state index is 0.00643. The Balaban J connectivity index is 1.93. The highest BCUT2D eigenvalue weighted by Gasteiger charge is 2.35. The van der Waals surface area contributed by atoms with Gasteiger partial charge >= 0.3 is 0 Å². The summed E-state index contributed by atoms with van der Waals surface area (Å²) in [6.07, 6.45) is 3.01. The molecule has 1 unspecified atom stereocenters. The van der Waals surface area contributed by atoms with Crippen LogP contribution in [-0.2, 0) is 19.9 Å². The molecule has 1 atom stereocenters. The van der Waals surface area contributed by atoms with Crippen molar-refractivity contribution in [2.75, 3.05) is 6.26 Å². The quantitative estimate of drug-likeness (QED) is 0.853. The van der Waals surface area contributed by atoms with Crippen LogP contribution in [0.15, 0.2) is 64.4 Å². The van der Waals surface area contributed by atoms with Crippen LogP contribution in [0.1, 0.15) is 24.4 Å². The Bertz CT molecular complexity index is 934. The zero-order chi connectivity index (χ0) is 17.4. The standard InChI is InChI=1S/C17H19NO4S2/c1-23(19,20)15-8-5-9-16(12-15)24(21,22)18-17(14-10-11-14)13-6-3-2-4-7-13/h2-9,12,14,17-18H,10-11H2,1H3. The van der Waals surface area contributed by atoms with Crippen LogP contribution in [0.4, 0.5) is 0 Å². The molecule has 1 N–H and O–H groups in total. The molecule has 128 valence electrons. The Morgan fingerprint density at radius 3 is 2.12 bits per heavy atom. The summed E-state index contributed by atoms with van der Waals surface area (Å²) >= 11 is 0. The topological polar surface area (TPSA) is 80.3 Å². The lowest BCUT2D eigenvalue weighted by atomic mass is 10.0. The first-order chi connectivity index (χ1) is 11.3. The highest BCUT2D eigenvalue weighted by molar-refractivity contribution is 7.91. The van der Waals surface area contributed by atoms with Crippen molar-refractivity contribution >= 4 is 19.9 Å². The van der Waals surface area contributed by atoms with Crippen molar-refractivity contribution in [3.63, 3.8) is 0 Å². The first kappa shape index (κ1) is 17.1. The highest BCUT2D eigenvalue weighted by atomic mass is 32.2. The van der Waals surface area contributed by atoms with Gasteiger partial charge in [-0.1, -0.05) is 36.4 Å². The maximum Gasteiger partial charge on any atom is 0.241 e. The van der Waals surface area contributed by atoms with Crippen LogP contribution in [0.2, 0.25) is 0 Å². The minimum Gasteiger partial charge on any atom is -0.224 e. The van der Waals surface area contributed by atoms with E-state index in [0.717, 1.165) is 24.7 Å². The normalized spacial score (nSPS) is 16.7. The van der Waals surface area contributed by atoms with Crippen molar-refractivity contribution in [2.24, 2.45) is 5.92 Å². The van der Waals surface area contributed by atoms with Gasteiger partial charge in [0.05, 0.1) is 9.79 Å². The molecule has 1 aliphatic rings. The summed E-state index contributed by atoms with van der Waals surface area (Å²) < 4.78 is 51.5. The molecule has 7 heteroatoms. The van der Waals surface area contributed by atoms with Gasteiger partial charge in [-0.25, -0.2) is 21.6 Å². The van der Waals surface area contributed by atoms with Crippen molar-refractivity contribution in [3.8, 4) is 0 Å². The molecule has 1 fully saturated rings. The number of sulfonamides is 1. The second-order valence-electron chi connectivity index (χ2n) is 6.09. The number of rotatable bonds is 6. The van der Waals surface area contributed by atoms with Crippen LogP contribution in [0.25, 0.3) is 0 Å². The predicted molar refractivity (Wildman–Crippen MR) is 91.8 cm³/mol. The summed E-state index contributed by atoms with van der Waals surface area (Å²) in [4.78, 5) is -0.0416. The number of hydrogen-bond donors (Lipinski definition) is 1. The van der Waals surface area contributed by atoms with E-state index in [4.69, 9.17) is 0 Å². The van der Waals surface area contributed by atoms with Crippen LogP contribution in [0, 0.1) is 5.92 Å². The molecule has 0 saturated heterocycles. The zero-order valence-corrected chi connectivity index (χ0v) is 14.8. The largest absolute Gasteiger partial charge is 0.241 e. The summed E-state index contributed by atoms with van der Waals surface area (Å²) in [5, 5.41) is 0. The van der Waals surface area contributed by atoms with Gasteiger partial charge in [-0.3, -0.25) is 0 Å². The third-order valence-corrected chi connectivity index (χ3v) is 6.63. The van der Waals surface area contributed by atoms with Crippen LogP contribution < -0.4 is 4.72 Å². The lowest BCUT2D eigenvalue weighted by Gasteiger charge is -2.19. The molecule has 2 aromatic rings. The third kappa shape index (κ3) is 3.85. The molecule has 0 aliphatic heterocycles.